The molecule has 0 aliphatic rings. The zero-order chi connectivity index (χ0) is 23.5. The van der Waals surface area contributed by atoms with Gasteiger partial charge in [-0.15, -0.1) is 0 Å². The Morgan fingerprint density at radius 1 is 1.06 bits per heavy atom. The molecule has 3 aromatic rings. The van der Waals surface area contributed by atoms with Crippen LogP contribution in [-0.4, -0.2) is 20.0 Å². The predicted molar refractivity (Wildman–Crippen MR) is 123 cm³/mol. The Hall–Kier alpha value is -2.26. The minimum Gasteiger partial charge on any atom is -0.490 e. The fourth-order valence-electron chi connectivity index (χ4n) is 3.13. The fraction of sp³-hybridized carbons (Fsp3) is 0.318. The van der Waals surface area contributed by atoms with Crippen molar-refractivity contribution in [1.82, 2.24) is 4.98 Å². The van der Waals surface area contributed by atoms with E-state index in [2.05, 4.69) is 18.8 Å². The van der Waals surface area contributed by atoms with Crippen LogP contribution in [0.3, 0.4) is 0 Å². The number of primary sulfonamides is 1. The Bertz CT molecular complexity index is 1170. The number of aromatic nitrogens is 1. The molecular formula is C22H24Cl2N2O5S. The van der Waals surface area contributed by atoms with Gasteiger partial charge < -0.3 is 13.9 Å². The van der Waals surface area contributed by atoms with Gasteiger partial charge in [0, 0.05) is 5.41 Å². The molecule has 0 fully saturated rings. The SMILES string of the molecule is CCCOc1c(Cl)cc(C(C)(C)c2ccc(OCc3ocnc3S(N)(=O)=O)cc2)cc1Cl. The fourth-order valence-corrected chi connectivity index (χ4v) is 4.34. The lowest BCUT2D eigenvalue weighted by molar-refractivity contribution is 0.265. The second-order valence-corrected chi connectivity index (χ2v) is 9.97. The normalized spacial score (nSPS) is 12.1. The Morgan fingerprint density at radius 2 is 1.69 bits per heavy atom. The summed E-state index contributed by atoms with van der Waals surface area (Å²) in [6.45, 7) is 6.54. The molecule has 0 aliphatic heterocycles. The van der Waals surface area contributed by atoms with E-state index in [-0.39, 0.29) is 17.4 Å². The van der Waals surface area contributed by atoms with Crippen molar-refractivity contribution >= 4 is 33.2 Å². The van der Waals surface area contributed by atoms with E-state index in [1.54, 1.807) is 12.1 Å². The summed E-state index contributed by atoms with van der Waals surface area (Å²) < 4.78 is 39.4. The lowest BCUT2D eigenvalue weighted by Gasteiger charge is -2.27. The number of nitrogens with zero attached hydrogens (tertiary/aromatic N) is 1. The number of nitrogens with two attached hydrogens (primary N) is 1. The first kappa shape index (κ1) is 24.4. The van der Waals surface area contributed by atoms with Crippen LogP contribution in [0.5, 0.6) is 11.5 Å². The molecule has 10 heteroatoms. The van der Waals surface area contributed by atoms with E-state index in [1.807, 2.05) is 31.2 Å². The third-order valence-corrected chi connectivity index (χ3v) is 6.42. The van der Waals surface area contributed by atoms with E-state index in [1.165, 1.54) is 0 Å². The summed E-state index contributed by atoms with van der Waals surface area (Å²) >= 11 is 12.9. The number of hydrogen-bond acceptors (Lipinski definition) is 6. The highest BCUT2D eigenvalue weighted by Gasteiger charge is 2.26. The average molecular weight is 499 g/mol. The minimum atomic E-state index is -3.98. The second kappa shape index (κ2) is 9.70. The van der Waals surface area contributed by atoms with Gasteiger partial charge in [0.25, 0.3) is 10.0 Å². The number of halogens is 2. The largest absolute Gasteiger partial charge is 0.490 e. The number of hydrogen-bond donors (Lipinski definition) is 1. The zero-order valence-corrected chi connectivity index (χ0v) is 20.2. The van der Waals surface area contributed by atoms with E-state index in [9.17, 15) is 8.42 Å². The molecule has 2 aromatic carbocycles. The van der Waals surface area contributed by atoms with E-state index in [0.29, 0.717) is 28.2 Å². The van der Waals surface area contributed by atoms with Gasteiger partial charge in [0.15, 0.2) is 17.9 Å². The molecule has 0 radical (unpaired) electrons. The molecule has 2 N–H and O–H groups in total. The van der Waals surface area contributed by atoms with Crippen LogP contribution in [-0.2, 0) is 22.0 Å². The highest BCUT2D eigenvalue weighted by atomic mass is 35.5. The molecule has 3 rings (SSSR count). The van der Waals surface area contributed by atoms with Crippen molar-refractivity contribution in [2.75, 3.05) is 6.61 Å². The van der Waals surface area contributed by atoms with Crippen LogP contribution in [0.25, 0.3) is 0 Å². The number of sulfonamides is 1. The molecule has 1 aromatic heterocycles. The first-order valence-corrected chi connectivity index (χ1v) is 12.1. The van der Waals surface area contributed by atoms with Crippen molar-refractivity contribution < 1.29 is 22.3 Å². The molecule has 0 spiro atoms. The molecule has 0 atom stereocenters. The summed E-state index contributed by atoms with van der Waals surface area (Å²) in [6, 6.07) is 11.1. The van der Waals surface area contributed by atoms with E-state index in [4.69, 9.17) is 42.2 Å². The van der Waals surface area contributed by atoms with Crippen molar-refractivity contribution in [2.45, 2.75) is 44.2 Å². The first-order valence-electron chi connectivity index (χ1n) is 9.85. The maximum atomic E-state index is 11.5. The highest BCUT2D eigenvalue weighted by molar-refractivity contribution is 7.89. The summed E-state index contributed by atoms with van der Waals surface area (Å²) in [4.78, 5) is 3.63. The summed E-state index contributed by atoms with van der Waals surface area (Å²) in [7, 11) is -3.98. The summed E-state index contributed by atoms with van der Waals surface area (Å²) in [6.07, 6.45) is 1.87. The Labute approximate surface area is 197 Å². The molecular weight excluding hydrogens is 475 g/mol. The van der Waals surface area contributed by atoms with Crippen molar-refractivity contribution in [3.05, 3.63) is 69.7 Å². The third-order valence-electron chi connectivity index (χ3n) is 4.99. The topological polar surface area (TPSA) is 105 Å². The zero-order valence-electron chi connectivity index (χ0n) is 17.9. The van der Waals surface area contributed by atoms with Crippen LogP contribution in [0.4, 0.5) is 0 Å². The van der Waals surface area contributed by atoms with Crippen molar-refractivity contribution in [3.8, 4) is 11.5 Å². The van der Waals surface area contributed by atoms with Crippen LogP contribution in [0.2, 0.25) is 10.0 Å². The maximum Gasteiger partial charge on any atom is 0.259 e. The second-order valence-electron chi connectivity index (χ2n) is 7.68. The lowest BCUT2D eigenvalue weighted by Crippen LogP contribution is -2.19. The Kier molecular flexibility index (Phi) is 7.39. The molecule has 0 unspecified atom stereocenters. The molecule has 0 saturated carbocycles. The van der Waals surface area contributed by atoms with E-state index >= 15 is 0 Å². The molecule has 0 amide bonds. The van der Waals surface area contributed by atoms with Gasteiger partial charge in [0.2, 0.25) is 5.03 Å². The molecule has 7 nitrogen and oxygen atoms in total. The number of benzene rings is 2. The smallest absolute Gasteiger partial charge is 0.259 e. The number of rotatable bonds is 9. The number of ether oxygens (including phenoxy) is 2. The molecule has 0 bridgehead atoms. The van der Waals surface area contributed by atoms with E-state index in [0.717, 1.165) is 23.9 Å². The molecule has 172 valence electrons. The lowest BCUT2D eigenvalue weighted by atomic mass is 9.78. The quantitative estimate of drug-likeness (QED) is 0.427. The Balaban J connectivity index is 1.77. The van der Waals surface area contributed by atoms with Gasteiger partial charge >= 0.3 is 0 Å². The van der Waals surface area contributed by atoms with Crippen LogP contribution in [0.1, 0.15) is 44.1 Å². The van der Waals surface area contributed by atoms with Gasteiger partial charge in [0.05, 0.1) is 16.7 Å². The third kappa shape index (κ3) is 5.38. The number of oxazole rings is 1. The average Bonchev–Trinajstić information content (AvgIpc) is 3.21. The van der Waals surface area contributed by atoms with Gasteiger partial charge in [-0.2, -0.15) is 0 Å². The van der Waals surface area contributed by atoms with Crippen LogP contribution in [0.15, 0.2) is 52.2 Å². The van der Waals surface area contributed by atoms with Gasteiger partial charge in [-0.1, -0.05) is 56.1 Å². The predicted octanol–water partition coefficient (Wildman–Crippen LogP) is 5.32. The van der Waals surface area contributed by atoms with Crippen molar-refractivity contribution in [1.29, 1.82) is 0 Å². The van der Waals surface area contributed by atoms with Gasteiger partial charge in [0.1, 0.15) is 12.4 Å². The van der Waals surface area contributed by atoms with Crippen molar-refractivity contribution in [2.24, 2.45) is 5.14 Å². The Morgan fingerprint density at radius 3 is 2.25 bits per heavy atom. The van der Waals surface area contributed by atoms with Crippen LogP contribution >= 0.6 is 23.2 Å². The van der Waals surface area contributed by atoms with Gasteiger partial charge in [-0.25, -0.2) is 18.5 Å². The molecule has 0 aliphatic carbocycles. The first-order chi connectivity index (χ1) is 15.0. The van der Waals surface area contributed by atoms with Gasteiger partial charge in [-0.05, 0) is 41.8 Å². The van der Waals surface area contributed by atoms with Crippen LogP contribution < -0.4 is 14.6 Å². The molecule has 1 heterocycles. The highest BCUT2D eigenvalue weighted by Crippen LogP contribution is 2.40. The summed E-state index contributed by atoms with van der Waals surface area (Å²) in [5, 5.41) is 5.71. The van der Waals surface area contributed by atoms with E-state index < -0.39 is 15.4 Å². The van der Waals surface area contributed by atoms with Crippen LogP contribution in [0, 0.1) is 0 Å². The standard InChI is InChI=1S/C22H24Cl2N2O5S/c1-4-9-29-20-17(23)10-15(11-18(20)24)22(2,3)14-5-7-16(8-6-14)30-12-19-21(26-13-31-19)32(25,27)28/h5-8,10-11,13H,4,9,12H2,1-3H3,(H2,25,27,28). The molecule has 32 heavy (non-hydrogen) atoms. The summed E-state index contributed by atoms with van der Waals surface area (Å²) in [5.41, 5.74) is 1.54. The van der Waals surface area contributed by atoms with Gasteiger partial charge in [-0.3, -0.25) is 0 Å². The molecule has 0 saturated heterocycles. The van der Waals surface area contributed by atoms with Crippen molar-refractivity contribution in [3.63, 3.8) is 0 Å². The monoisotopic (exact) mass is 498 g/mol. The summed E-state index contributed by atoms with van der Waals surface area (Å²) in [5.74, 6) is 1.05. The minimum absolute atomic E-state index is 0.0339. The maximum absolute atomic E-state index is 11.5.